The van der Waals surface area contributed by atoms with E-state index in [1.165, 1.54) is 5.01 Å². The molecule has 4 heteroatoms. The molecule has 1 heterocycles. The van der Waals surface area contributed by atoms with Crippen molar-refractivity contribution in [3.63, 3.8) is 0 Å². The van der Waals surface area contributed by atoms with E-state index in [0.29, 0.717) is 11.6 Å². The van der Waals surface area contributed by atoms with E-state index in [9.17, 15) is 4.79 Å². The maximum Gasteiger partial charge on any atom is 0.243 e. The van der Waals surface area contributed by atoms with Gasteiger partial charge < -0.3 is 0 Å². The van der Waals surface area contributed by atoms with Gasteiger partial charge in [0.25, 0.3) is 0 Å². The minimum absolute atomic E-state index is 0.00331. The van der Waals surface area contributed by atoms with E-state index in [-0.39, 0.29) is 11.8 Å². The SMILES string of the molecule is NN1CCCC(c2ccc(Cl)cc2)C1=O. The second-order valence-electron chi connectivity index (χ2n) is 3.78. The van der Waals surface area contributed by atoms with Crippen molar-refractivity contribution in [2.75, 3.05) is 6.54 Å². The molecule has 1 saturated heterocycles. The van der Waals surface area contributed by atoms with Gasteiger partial charge in [0, 0.05) is 11.6 Å². The van der Waals surface area contributed by atoms with Crippen LogP contribution in [0.2, 0.25) is 5.02 Å². The van der Waals surface area contributed by atoms with Gasteiger partial charge in [-0.1, -0.05) is 23.7 Å². The molecule has 0 aliphatic carbocycles. The molecule has 0 bridgehead atoms. The van der Waals surface area contributed by atoms with Gasteiger partial charge in [-0.05, 0) is 30.5 Å². The summed E-state index contributed by atoms with van der Waals surface area (Å²) in [4.78, 5) is 11.8. The Kier molecular flexibility index (Phi) is 2.93. The van der Waals surface area contributed by atoms with Crippen LogP contribution in [-0.2, 0) is 4.79 Å². The van der Waals surface area contributed by atoms with Crippen LogP contribution in [0.15, 0.2) is 24.3 Å². The van der Waals surface area contributed by atoms with Gasteiger partial charge in [-0.3, -0.25) is 9.80 Å². The molecule has 0 saturated carbocycles. The first-order valence-electron chi connectivity index (χ1n) is 5.00. The van der Waals surface area contributed by atoms with Crippen LogP contribution in [0.3, 0.4) is 0 Å². The molecule has 0 radical (unpaired) electrons. The summed E-state index contributed by atoms with van der Waals surface area (Å²) >= 11 is 5.80. The second-order valence-corrected chi connectivity index (χ2v) is 4.21. The molecule has 3 nitrogen and oxygen atoms in total. The first kappa shape index (κ1) is 10.5. The molecule has 0 aromatic heterocycles. The number of carbonyl (C=O) groups is 1. The van der Waals surface area contributed by atoms with E-state index in [1.807, 2.05) is 12.1 Å². The van der Waals surface area contributed by atoms with Gasteiger partial charge in [-0.15, -0.1) is 0 Å². The number of carbonyl (C=O) groups excluding carboxylic acids is 1. The lowest BCUT2D eigenvalue weighted by Gasteiger charge is -2.28. The van der Waals surface area contributed by atoms with Gasteiger partial charge in [-0.25, -0.2) is 5.84 Å². The summed E-state index contributed by atoms with van der Waals surface area (Å²) in [5, 5.41) is 1.99. The van der Waals surface area contributed by atoms with Gasteiger partial charge in [0.1, 0.15) is 0 Å². The highest BCUT2D eigenvalue weighted by atomic mass is 35.5. The molecule has 1 fully saturated rings. The highest BCUT2D eigenvalue weighted by Crippen LogP contribution is 2.27. The summed E-state index contributed by atoms with van der Waals surface area (Å²) in [6.07, 6.45) is 1.82. The third-order valence-electron chi connectivity index (χ3n) is 2.75. The molecule has 1 aromatic rings. The molecule has 80 valence electrons. The van der Waals surface area contributed by atoms with Crippen LogP contribution < -0.4 is 5.84 Å². The van der Waals surface area contributed by atoms with Crippen LogP contribution in [0.4, 0.5) is 0 Å². The molecular weight excluding hydrogens is 212 g/mol. The van der Waals surface area contributed by atoms with Crippen molar-refractivity contribution in [2.24, 2.45) is 5.84 Å². The Labute approximate surface area is 93.8 Å². The molecule has 0 spiro atoms. The quantitative estimate of drug-likeness (QED) is 0.585. The fourth-order valence-corrected chi connectivity index (χ4v) is 2.03. The average molecular weight is 225 g/mol. The third-order valence-corrected chi connectivity index (χ3v) is 3.00. The Balaban J connectivity index is 2.22. The molecule has 1 atom stereocenters. The van der Waals surface area contributed by atoms with Crippen molar-refractivity contribution in [1.29, 1.82) is 0 Å². The van der Waals surface area contributed by atoms with Gasteiger partial charge in [0.15, 0.2) is 0 Å². The van der Waals surface area contributed by atoms with Crippen LogP contribution >= 0.6 is 11.6 Å². The summed E-state index contributed by atoms with van der Waals surface area (Å²) < 4.78 is 0. The number of rotatable bonds is 1. The van der Waals surface area contributed by atoms with E-state index in [4.69, 9.17) is 17.4 Å². The van der Waals surface area contributed by atoms with Gasteiger partial charge in [-0.2, -0.15) is 0 Å². The summed E-state index contributed by atoms with van der Waals surface area (Å²) in [5.74, 6) is 5.50. The van der Waals surface area contributed by atoms with Gasteiger partial charge in [0.05, 0.1) is 5.92 Å². The topological polar surface area (TPSA) is 46.3 Å². The summed E-state index contributed by atoms with van der Waals surface area (Å²) in [6.45, 7) is 0.656. The Morgan fingerprint density at radius 2 is 2.00 bits per heavy atom. The van der Waals surface area contributed by atoms with Crippen molar-refractivity contribution in [2.45, 2.75) is 18.8 Å². The van der Waals surface area contributed by atoms with E-state index in [2.05, 4.69) is 0 Å². The van der Waals surface area contributed by atoms with E-state index >= 15 is 0 Å². The van der Waals surface area contributed by atoms with Crippen molar-refractivity contribution in [3.8, 4) is 0 Å². The molecular formula is C11H13ClN2O. The number of hydrazine groups is 1. The van der Waals surface area contributed by atoms with Crippen molar-refractivity contribution in [1.82, 2.24) is 5.01 Å². The number of nitrogens with zero attached hydrogens (tertiary/aromatic N) is 1. The number of amides is 1. The van der Waals surface area contributed by atoms with Crippen LogP contribution in [0.1, 0.15) is 24.3 Å². The fourth-order valence-electron chi connectivity index (χ4n) is 1.90. The number of piperidine rings is 1. The van der Waals surface area contributed by atoms with Crippen LogP contribution in [-0.4, -0.2) is 17.5 Å². The maximum atomic E-state index is 11.8. The Morgan fingerprint density at radius 1 is 1.33 bits per heavy atom. The van der Waals surface area contributed by atoms with Gasteiger partial charge >= 0.3 is 0 Å². The minimum atomic E-state index is -0.0963. The van der Waals surface area contributed by atoms with E-state index < -0.39 is 0 Å². The Morgan fingerprint density at radius 3 is 2.67 bits per heavy atom. The standard InChI is InChI=1S/C11H13ClN2O/c12-9-5-3-8(4-6-9)10-2-1-7-14(13)11(10)15/h3-6,10H,1-2,7,13H2. The van der Waals surface area contributed by atoms with Gasteiger partial charge in [0.2, 0.25) is 5.91 Å². The molecule has 1 aromatic carbocycles. The minimum Gasteiger partial charge on any atom is -0.280 e. The predicted molar refractivity (Wildman–Crippen MR) is 59.3 cm³/mol. The lowest BCUT2D eigenvalue weighted by Crippen LogP contribution is -2.44. The second kappa shape index (κ2) is 4.21. The summed E-state index contributed by atoms with van der Waals surface area (Å²) in [7, 11) is 0. The smallest absolute Gasteiger partial charge is 0.243 e. The van der Waals surface area contributed by atoms with Crippen molar-refractivity contribution < 1.29 is 4.79 Å². The molecule has 15 heavy (non-hydrogen) atoms. The number of hydrogen-bond donors (Lipinski definition) is 1. The Hall–Kier alpha value is -1.06. The first-order chi connectivity index (χ1) is 7.18. The van der Waals surface area contributed by atoms with Crippen LogP contribution in [0, 0.1) is 0 Å². The highest BCUT2D eigenvalue weighted by Gasteiger charge is 2.27. The van der Waals surface area contributed by atoms with E-state index in [0.717, 1.165) is 18.4 Å². The molecule has 1 unspecified atom stereocenters. The largest absolute Gasteiger partial charge is 0.280 e. The normalized spacial score (nSPS) is 21.9. The van der Waals surface area contributed by atoms with E-state index in [1.54, 1.807) is 12.1 Å². The zero-order valence-corrected chi connectivity index (χ0v) is 9.07. The van der Waals surface area contributed by atoms with Crippen molar-refractivity contribution >= 4 is 17.5 Å². The lowest BCUT2D eigenvalue weighted by atomic mass is 9.90. The Bertz CT molecular complexity index is 363. The zero-order valence-electron chi connectivity index (χ0n) is 8.32. The third kappa shape index (κ3) is 2.13. The number of benzene rings is 1. The summed E-state index contributed by atoms with van der Waals surface area (Å²) in [5.41, 5.74) is 1.000. The molecule has 1 amide bonds. The first-order valence-corrected chi connectivity index (χ1v) is 5.38. The summed E-state index contributed by atoms with van der Waals surface area (Å²) in [6, 6.07) is 7.40. The maximum absolute atomic E-state index is 11.8. The molecule has 1 aliphatic rings. The van der Waals surface area contributed by atoms with Crippen LogP contribution in [0.25, 0.3) is 0 Å². The molecule has 1 aliphatic heterocycles. The lowest BCUT2D eigenvalue weighted by molar-refractivity contribution is -0.135. The number of halogens is 1. The van der Waals surface area contributed by atoms with Crippen LogP contribution in [0.5, 0.6) is 0 Å². The molecule has 2 N–H and O–H groups in total. The fraction of sp³-hybridized carbons (Fsp3) is 0.364. The average Bonchev–Trinajstić information content (AvgIpc) is 2.24. The molecule has 2 rings (SSSR count). The monoisotopic (exact) mass is 224 g/mol. The zero-order chi connectivity index (χ0) is 10.8. The van der Waals surface area contributed by atoms with Crippen molar-refractivity contribution in [3.05, 3.63) is 34.9 Å². The highest BCUT2D eigenvalue weighted by molar-refractivity contribution is 6.30. The number of nitrogens with two attached hydrogens (primary N) is 1. The predicted octanol–water partition coefficient (Wildman–Crippen LogP) is 1.92. The number of hydrogen-bond acceptors (Lipinski definition) is 2.